The van der Waals surface area contributed by atoms with Crippen LogP contribution in [0.25, 0.3) is 5.57 Å². The maximum absolute atomic E-state index is 5.71. The first-order valence-corrected chi connectivity index (χ1v) is 18.1. The average Bonchev–Trinajstić information content (AvgIpc) is 3.04. The summed E-state index contributed by atoms with van der Waals surface area (Å²) in [6, 6.07) is 24.2. The smallest absolute Gasteiger partial charge is 0.119 e. The van der Waals surface area contributed by atoms with Gasteiger partial charge >= 0.3 is 0 Å². The summed E-state index contributed by atoms with van der Waals surface area (Å²) < 4.78 is 13.5. The van der Waals surface area contributed by atoms with Crippen LogP contribution in [0.2, 0.25) is 0 Å². The monoisotopic (exact) mass is 689 g/mol. The van der Waals surface area contributed by atoms with Crippen molar-refractivity contribution < 1.29 is 14.0 Å². The summed E-state index contributed by atoms with van der Waals surface area (Å²) in [5.74, 6) is 3.21. The van der Waals surface area contributed by atoms with Gasteiger partial charge in [0.15, 0.2) is 0 Å². The lowest BCUT2D eigenvalue weighted by Gasteiger charge is -2.54. The van der Waals surface area contributed by atoms with Crippen LogP contribution in [0.15, 0.2) is 77.3 Å². The Balaban J connectivity index is 1.77. The number of nitrogens with one attached hydrogen (secondary N) is 1. The van der Waals surface area contributed by atoms with Gasteiger partial charge in [-0.25, -0.2) is 0 Å². The Hall–Kier alpha value is -2.76. The fraction of sp³-hybridized carbons (Fsp3) is 0.512. The van der Waals surface area contributed by atoms with Crippen molar-refractivity contribution in [3.8, 4) is 11.5 Å². The number of hydrogen-bond donors (Lipinski definition) is 1. The first kappa shape index (κ1) is 36.1. The molecule has 1 aliphatic rings. The summed E-state index contributed by atoms with van der Waals surface area (Å²) in [4.78, 5) is 0. The molecule has 1 saturated heterocycles. The predicted octanol–water partition coefficient (Wildman–Crippen LogP) is 11.1. The Kier molecular flexibility index (Phi) is 12.8. The largest absolute Gasteiger partial charge is 0.497 e. The van der Waals surface area contributed by atoms with Crippen molar-refractivity contribution >= 4 is 27.2 Å². The molecule has 46 heavy (non-hydrogen) atoms. The van der Waals surface area contributed by atoms with Crippen LogP contribution in [-0.4, -0.2) is 37.8 Å². The lowest BCUT2D eigenvalue weighted by Crippen LogP contribution is -2.63. The lowest BCUT2D eigenvalue weighted by atomic mass is 9.71. The fourth-order valence-corrected chi connectivity index (χ4v) is 8.36. The van der Waals surface area contributed by atoms with Gasteiger partial charge in [-0.2, -0.15) is 0 Å². The summed E-state index contributed by atoms with van der Waals surface area (Å²) >= 11 is 3.94. The number of piperidine rings is 1. The van der Waals surface area contributed by atoms with Crippen molar-refractivity contribution in [3.05, 3.63) is 94.0 Å². The molecule has 3 aromatic rings. The number of benzene rings is 3. The molecule has 0 saturated carbocycles. The maximum atomic E-state index is 5.71. The Morgan fingerprint density at radius 1 is 0.978 bits per heavy atom. The maximum Gasteiger partial charge on any atom is 0.119 e. The van der Waals surface area contributed by atoms with Crippen LogP contribution >= 0.6 is 15.9 Å². The molecule has 1 unspecified atom stereocenters. The molecular formula is C41H58BrN2O2+. The molecule has 1 heterocycles. The molecule has 5 heteroatoms. The number of halogens is 1. The number of para-hydroxylation sites is 1. The third-order valence-corrected chi connectivity index (χ3v) is 10.9. The number of likely N-dealkylation sites (tertiary alicyclic amines) is 1. The van der Waals surface area contributed by atoms with Crippen molar-refractivity contribution in [1.82, 2.24) is 0 Å². The molecule has 3 aromatic carbocycles. The molecule has 1 aliphatic heterocycles. The SMILES string of the molecule is CCC=C(CC(C(C)(C)CC(C)C)[N+]1(Cc2cc(OC)ccc2Br)CCC(C)CC1)c1ccccc1NCc1cccc(OC)c1. The van der Waals surface area contributed by atoms with Crippen LogP contribution in [0.5, 0.6) is 11.5 Å². The fourth-order valence-electron chi connectivity index (χ4n) is 7.98. The predicted molar refractivity (Wildman–Crippen MR) is 199 cm³/mol. The number of methoxy groups -OCH3 is 2. The van der Waals surface area contributed by atoms with E-state index in [4.69, 9.17) is 9.47 Å². The highest BCUT2D eigenvalue weighted by Crippen LogP contribution is 2.46. The van der Waals surface area contributed by atoms with E-state index in [1.54, 1.807) is 14.2 Å². The van der Waals surface area contributed by atoms with E-state index in [0.29, 0.717) is 12.0 Å². The first-order chi connectivity index (χ1) is 22.0. The number of anilines is 1. The molecule has 0 spiro atoms. The van der Waals surface area contributed by atoms with Crippen LogP contribution in [0.1, 0.15) is 90.3 Å². The average molecular weight is 691 g/mol. The van der Waals surface area contributed by atoms with Gasteiger partial charge in [0, 0.05) is 39.7 Å². The lowest BCUT2D eigenvalue weighted by molar-refractivity contribution is -0.974. The van der Waals surface area contributed by atoms with Gasteiger partial charge in [0.05, 0.1) is 33.4 Å². The van der Waals surface area contributed by atoms with Crippen molar-refractivity contribution in [2.24, 2.45) is 17.3 Å². The number of hydrogen-bond acceptors (Lipinski definition) is 3. The zero-order valence-electron chi connectivity index (χ0n) is 29.7. The van der Waals surface area contributed by atoms with E-state index in [1.807, 2.05) is 6.07 Å². The molecular weight excluding hydrogens is 632 g/mol. The number of ether oxygens (including phenoxy) is 2. The Bertz CT molecular complexity index is 1440. The van der Waals surface area contributed by atoms with Gasteiger partial charge in [-0.05, 0) is 85.1 Å². The summed E-state index contributed by atoms with van der Waals surface area (Å²) in [6.45, 7) is 18.7. The number of allylic oxidation sites excluding steroid dienone is 1. The minimum Gasteiger partial charge on any atom is -0.497 e. The van der Waals surface area contributed by atoms with E-state index in [1.165, 1.54) is 64.8 Å². The molecule has 1 atom stereocenters. The molecule has 0 aromatic heterocycles. The Morgan fingerprint density at radius 3 is 2.35 bits per heavy atom. The second-order valence-corrected chi connectivity index (χ2v) is 15.5. The van der Waals surface area contributed by atoms with E-state index in [9.17, 15) is 0 Å². The van der Waals surface area contributed by atoms with E-state index in [-0.39, 0.29) is 5.41 Å². The summed E-state index contributed by atoms with van der Waals surface area (Å²) in [6.07, 6.45) is 8.27. The molecule has 4 rings (SSSR count). The molecule has 0 bridgehead atoms. The quantitative estimate of drug-likeness (QED) is 0.161. The highest BCUT2D eigenvalue weighted by molar-refractivity contribution is 9.10. The third-order valence-electron chi connectivity index (χ3n) is 10.1. The van der Waals surface area contributed by atoms with E-state index < -0.39 is 0 Å². The minimum absolute atomic E-state index is 0.135. The second kappa shape index (κ2) is 16.4. The van der Waals surface area contributed by atoms with Crippen molar-refractivity contribution in [1.29, 1.82) is 0 Å². The normalized spacial score (nSPS) is 19.6. The van der Waals surface area contributed by atoms with Crippen LogP contribution in [0, 0.1) is 17.3 Å². The molecule has 0 radical (unpaired) electrons. The van der Waals surface area contributed by atoms with Crippen LogP contribution in [0.3, 0.4) is 0 Å². The standard InChI is InChI=1S/C41H58BrN2O2/c1-9-13-33(37-16-10-11-17-39(37)43-28-32-14-12-15-35(24-32)45-7)26-40(41(5,6)27-30(2)3)44(22-20-31(4)21-23-44)29-34-25-36(46-8)18-19-38(34)42/h10-19,24-25,30-31,40,43H,9,20-23,26-29H2,1-8H3/q+1. The summed E-state index contributed by atoms with van der Waals surface area (Å²) in [5.41, 5.74) is 6.67. The van der Waals surface area contributed by atoms with Crippen LogP contribution in [-0.2, 0) is 13.1 Å². The zero-order valence-corrected chi connectivity index (χ0v) is 31.3. The number of rotatable bonds is 15. The van der Waals surface area contributed by atoms with Gasteiger partial charge < -0.3 is 19.3 Å². The highest BCUT2D eigenvalue weighted by Gasteiger charge is 2.48. The molecule has 1 fully saturated rings. The van der Waals surface area contributed by atoms with Crippen molar-refractivity contribution in [2.75, 3.05) is 32.6 Å². The van der Waals surface area contributed by atoms with E-state index >= 15 is 0 Å². The topological polar surface area (TPSA) is 30.5 Å². The van der Waals surface area contributed by atoms with Gasteiger partial charge in [-0.1, -0.05) is 93.9 Å². The number of quaternary nitrogens is 1. The molecule has 250 valence electrons. The Morgan fingerprint density at radius 2 is 1.67 bits per heavy atom. The van der Waals surface area contributed by atoms with Gasteiger partial charge in [0.2, 0.25) is 0 Å². The van der Waals surface area contributed by atoms with Gasteiger partial charge in [0.1, 0.15) is 18.0 Å². The summed E-state index contributed by atoms with van der Waals surface area (Å²) in [7, 11) is 3.50. The first-order valence-electron chi connectivity index (χ1n) is 17.3. The molecule has 0 aliphatic carbocycles. The van der Waals surface area contributed by atoms with Crippen molar-refractivity contribution in [3.63, 3.8) is 0 Å². The van der Waals surface area contributed by atoms with Crippen LogP contribution < -0.4 is 14.8 Å². The Labute approximate surface area is 288 Å². The molecule has 0 amide bonds. The summed E-state index contributed by atoms with van der Waals surface area (Å²) in [5, 5.41) is 3.80. The van der Waals surface area contributed by atoms with E-state index in [0.717, 1.165) is 47.8 Å². The van der Waals surface area contributed by atoms with Gasteiger partial charge in [-0.3, -0.25) is 0 Å². The van der Waals surface area contributed by atoms with Crippen molar-refractivity contribution in [2.45, 2.75) is 92.8 Å². The number of nitrogens with zero attached hydrogens (tertiary/aromatic N) is 1. The van der Waals surface area contributed by atoms with E-state index in [2.05, 4.69) is 130 Å². The zero-order chi connectivity index (χ0) is 33.3. The minimum atomic E-state index is 0.135. The molecule has 1 N–H and O–H groups in total. The van der Waals surface area contributed by atoms with Gasteiger partial charge in [0.25, 0.3) is 0 Å². The van der Waals surface area contributed by atoms with Crippen LogP contribution in [0.4, 0.5) is 5.69 Å². The molecule has 4 nitrogen and oxygen atoms in total. The van der Waals surface area contributed by atoms with Gasteiger partial charge in [-0.15, -0.1) is 0 Å². The highest BCUT2D eigenvalue weighted by atomic mass is 79.9. The third kappa shape index (κ3) is 9.19. The second-order valence-electron chi connectivity index (χ2n) is 14.7.